The third kappa shape index (κ3) is 1.19. The van der Waals surface area contributed by atoms with E-state index in [2.05, 4.69) is 5.16 Å². The first-order valence-corrected chi connectivity index (χ1v) is 3.87. The average molecular weight is 155 g/mol. The van der Waals surface area contributed by atoms with Crippen LogP contribution in [0.25, 0.3) is 0 Å². The molecule has 3 heteroatoms. The van der Waals surface area contributed by atoms with E-state index in [0.717, 1.165) is 5.56 Å². The molecule has 1 aromatic rings. The molecular weight excluding hydrogens is 146 g/mol. The Kier molecular flexibility index (Phi) is 2.06. The van der Waals surface area contributed by atoms with Gasteiger partial charge in [0.05, 0.1) is 5.71 Å². The molecule has 0 aliphatic heterocycles. The Morgan fingerprint density at radius 3 is 2.80 bits per heavy atom. The van der Waals surface area contributed by atoms with Gasteiger partial charge in [-0.3, -0.25) is 0 Å². The highest BCUT2D eigenvalue weighted by Gasteiger charge is 2.01. The summed E-state index contributed by atoms with van der Waals surface area (Å²) in [5.74, 6) is 0. The highest BCUT2D eigenvalue weighted by molar-refractivity contribution is 7.10. The largest absolute Gasteiger partial charge is 0.411 e. The number of hydrogen-bond acceptors (Lipinski definition) is 3. The van der Waals surface area contributed by atoms with Crippen LogP contribution in [0.2, 0.25) is 0 Å². The lowest BCUT2D eigenvalue weighted by molar-refractivity contribution is 0.319. The van der Waals surface area contributed by atoms with E-state index in [1.165, 1.54) is 4.88 Å². The van der Waals surface area contributed by atoms with Crippen molar-refractivity contribution in [3.63, 3.8) is 0 Å². The quantitative estimate of drug-likeness (QED) is 0.376. The Morgan fingerprint density at radius 1 is 1.70 bits per heavy atom. The predicted octanol–water partition coefficient (Wildman–Crippen LogP) is 2.25. The molecule has 1 aromatic heterocycles. The summed E-state index contributed by atoms with van der Waals surface area (Å²) in [6.45, 7) is 3.80. The number of oxime groups is 1. The number of aryl methyl sites for hydroxylation is 1. The van der Waals surface area contributed by atoms with Gasteiger partial charge in [0.2, 0.25) is 0 Å². The maximum absolute atomic E-state index is 8.42. The summed E-state index contributed by atoms with van der Waals surface area (Å²) in [5, 5.41) is 13.5. The smallest absolute Gasteiger partial charge is 0.0847 e. The van der Waals surface area contributed by atoms with Gasteiger partial charge in [-0.1, -0.05) is 5.16 Å². The Labute approximate surface area is 63.8 Å². The van der Waals surface area contributed by atoms with Crippen molar-refractivity contribution in [2.24, 2.45) is 5.16 Å². The molecule has 0 saturated carbocycles. The van der Waals surface area contributed by atoms with Crippen LogP contribution in [0.15, 0.2) is 16.6 Å². The van der Waals surface area contributed by atoms with E-state index in [0.29, 0.717) is 5.71 Å². The second-order valence-corrected chi connectivity index (χ2v) is 3.20. The molecule has 0 atom stereocenters. The minimum atomic E-state index is 0.679. The van der Waals surface area contributed by atoms with E-state index in [4.69, 9.17) is 5.21 Å². The van der Waals surface area contributed by atoms with Crippen LogP contribution >= 0.6 is 11.3 Å². The number of rotatable bonds is 1. The van der Waals surface area contributed by atoms with Gasteiger partial charge < -0.3 is 5.21 Å². The van der Waals surface area contributed by atoms with E-state index in [-0.39, 0.29) is 0 Å². The topological polar surface area (TPSA) is 32.6 Å². The molecule has 0 saturated heterocycles. The second-order valence-electron chi connectivity index (χ2n) is 2.08. The molecule has 0 radical (unpaired) electrons. The Morgan fingerprint density at radius 2 is 2.40 bits per heavy atom. The second kappa shape index (κ2) is 2.84. The molecule has 0 spiro atoms. The maximum atomic E-state index is 8.42. The zero-order valence-corrected chi connectivity index (χ0v) is 6.77. The van der Waals surface area contributed by atoms with Crippen molar-refractivity contribution in [2.75, 3.05) is 0 Å². The van der Waals surface area contributed by atoms with Gasteiger partial charge in [-0.05, 0) is 25.3 Å². The molecule has 0 amide bonds. The first-order chi connectivity index (χ1) is 4.75. The minimum absolute atomic E-state index is 0.679. The van der Waals surface area contributed by atoms with E-state index in [9.17, 15) is 0 Å². The fraction of sp³-hybridized carbons (Fsp3) is 0.286. The number of nitrogens with zero attached hydrogens (tertiary/aromatic N) is 1. The Bertz CT molecular complexity index is 252. The van der Waals surface area contributed by atoms with Crippen LogP contribution in [-0.4, -0.2) is 10.9 Å². The van der Waals surface area contributed by atoms with Gasteiger partial charge in [0.25, 0.3) is 0 Å². The van der Waals surface area contributed by atoms with Gasteiger partial charge in [-0.25, -0.2) is 0 Å². The Balaban J connectivity index is 3.05. The fourth-order valence-corrected chi connectivity index (χ4v) is 1.57. The zero-order chi connectivity index (χ0) is 7.56. The third-order valence-corrected chi connectivity index (χ3v) is 2.24. The molecule has 0 aliphatic carbocycles. The van der Waals surface area contributed by atoms with Crippen molar-refractivity contribution in [1.29, 1.82) is 0 Å². The van der Waals surface area contributed by atoms with Gasteiger partial charge in [0.1, 0.15) is 0 Å². The highest BCUT2D eigenvalue weighted by Crippen LogP contribution is 2.15. The van der Waals surface area contributed by atoms with Crippen LogP contribution in [0.4, 0.5) is 0 Å². The van der Waals surface area contributed by atoms with Crippen LogP contribution < -0.4 is 0 Å². The molecule has 0 aromatic carbocycles. The molecule has 1 heterocycles. The van der Waals surface area contributed by atoms with E-state index in [1.807, 2.05) is 18.4 Å². The summed E-state index contributed by atoms with van der Waals surface area (Å²) in [6, 6.07) is 1.95. The molecule has 1 rings (SSSR count). The molecule has 0 fully saturated rings. The molecule has 1 N–H and O–H groups in total. The summed E-state index contributed by atoms with van der Waals surface area (Å²) in [4.78, 5) is 1.19. The van der Waals surface area contributed by atoms with Gasteiger partial charge in [-0.2, -0.15) is 0 Å². The van der Waals surface area contributed by atoms with Crippen LogP contribution in [0.5, 0.6) is 0 Å². The molecule has 0 unspecified atom stereocenters. The van der Waals surface area contributed by atoms with Gasteiger partial charge in [-0.15, -0.1) is 11.3 Å². The normalized spacial score (nSPS) is 12.0. The zero-order valence-electron chi connectivity index (χ0n) is 5.96. The molecule has 54 valence electrons. The van der Waals surface area contributed by atoms with Crippen LogP contribution in [0, 0.1) is 6.92 Å². The number of hydrogen-bond donors (Lipinski definition) is 1. The molecule has 2 nitrogen and oxygen atoms in total. The first-order valence-electron chi connectivity index (χ1n) is 2.99. The van der Waals surface area contributed by atoms with E-state index >= 15 is 0 Å². The summed E-state index contributed by atoms with van der Waals surface area (Å²) < 4.78 is 0. The van der Waals surface area contributed by atoms with Crippen molar-refractivity contribution < 1.29 is 5.21 Å². The van der Waals surface area contributed by atoms with Crippen molar-refractivity contribution >= 4 is 17.0 Å². The predicted molar refractivity (Wildman–Crippen MR) is 43.1 cm³/mol. The lowest BCUT2D eigenvalue weighted by atomic mass is 10.2. The monoisotopic (exact) mass is 155 g/mol. The van der Waals surface area contributed by atoms with Crippen molar-refractivity contribution in [2.45, 2.75) is 13.8 Å². The van der Waals surface area contributed by atoms with Gasteiger partial charge in [0, 0.05) is 10.4 Å². The summed E-state index contributed by atoms with van der Waals surface area (Å²) in [7, 11) is 0. The summed E-state index contributed by atoms with van der Waals surface area (Å²) in [6.07, 6.45) is 0. The van der Waals surface area contributed by atoms with Crippen molar-refractivity contribution in [3.05, 3.63) is 21.9 Å². The maximum Gasteiger partial charge on any atom is 0.0847 e. The molecule has 0 aliphatic rings. The third-order valence-electron chi connectivity index (χ3n) is 1.40. The van der Waals surface area contributed by atoms with Crippen LogP contribution in [0.3, 0.4) is 0 Å². The molecular formula is C7H9NOS. The SMILES string of the molecule is CC(=NO)c1ccsc1C. The fourth-order valence-electron chi connectivity index (χ4n) is 0.814. The highest BCUT2D eigenvalue weighted by atomic mass is 32.1. The standard InChI is InChI=1S/C7H9NOS/c1-5(8-9)7-3-4-10-6(7)2/h3-4,9H,1-2H3. The lowest BCUT2D eigenvalue weighted by Crippen LogP contribution is -1.92. The molecule has 0 bridgehead atoms. The van der Waals surface area contributed by atoms with Crippen LogP contribution in [-0.2, 0) is 0 Å². The van der Waals surface area contributed by atoms with Gasteiger partial charge in [0.15, 0.2) is 0 Å². The van der Waals surface area contributed by atoms with Gasteiger partial charge >= 0.3 is 0 Å². The number of thiophene rings is 1. The Hall–Kier alpha value is -0.830. The molecule has 10 heavy (non-hydrogen) atoms. The first kappa shape index (κ1) is 7.28. The summed E-state index contributed by atoms with van der Waals surface area (Å²) in [5.41, 5.74) is 1.71. The summed E-state index contributed by atoms with van der Waals surface area (Å²) >= 11 is 1.66. The van der Waals surface area contributed by atoms with E-state index in [1.54, 1.807) is 18.3 Å². The minimum Gasteiger partial charge on any atom is -0.411 e. The van der Waals surface area contributed by atoms with Crippen molar-refractivity contribution in [3.8, 4) is 0 Å². The van der Waals surface area contributed by atoms with E-state index < -0.39 is 0 Å². The van der Waals surface area contributed by atoms with Crippen molar-refractivity contribution in [1.82, 2.24) is 0 Å². The average Bonchev–Trinajstić information content (AvgIpc) is 2.34. The lowest BCUT2D eigenvalue weighted by Gasteiger charge is -1.93. The van der Waals surface area contributed by atoms with Crippen LogP contribution in [0.1, 0.15) is 17.4 Å².